The molecule has 0 unspecified atom stereocenters. The van der Waals surface area contributed by atoms with Crippen LogP contribution in [-0.4, -0.2) is 10.8 Å². The maximum absolute atomic E-state index is 11.5. The molecule has 0 N–H and O–H groups in total. The molecule has 1 heterocycles. The lowest BCUT2D eigenvalue weighted by molar-refractivity contribution is -0.120. The zero-order chi connectivity index (χ0) is 11.5. The zero-order valence-corrected chi connectivity index (χ0v) is 10.6. The summed E-state index contributed by atoms with van der Waals surface area (Å²) in [5.74, 6) is 5.35. The zero-order valence-electron chi connectivity index (χ0n) is 8.97. The Morgan fingerprint density at radius 1 is 1.40 bits per heavy atom. The number of rotatable bonds is 0. The van der Waals surface area contributed by atoms with Crippen LogP contribution in [0.25, 0.3) is 0 Å². The second-order valence-electron chi connectivity index (χ2n) is 4.22. The highest BCUT2D eigenvalue weighted by atomic mass is 79.9. The Morgan fingerprint density at radius 2 is 2.07 bits per heavy atom. The minimum atomic E-state index is -0.410. The molecule has 78 valence electrons. The van der Waals surface area contributed by atoms with Gasteiger partial charge >= 0.3 is 0 Å². The first-order chi connectivity index (χ1) is 6.89. The number of nitrogens with zero attached hydrogens (tertiary/aromatic N) is 1. The molecule has 0 atom stereocenters. The Morgan fingerprint density at radius 3 is 2.60 bits per heavy atom. The van der Waals surface area contributed by atoms with Crippen molar-refractivity contribution in [1.82, 2.24) is 4.98 Å². The number of hydrogen-bond acceptors (Lipinski definition) is 2. The summed E-state index contributed by atoms with van der Waals surface area (Å²) in [7, 11) is 0. The Hall–Kier alpha value is -1.14. The van der Waals surface area contributed by atoms with Gasteiger partial charge in [-0.05, 0) is 27.9 Å². The van der Waals surface area contributed by atoms with Gasteiger partial charge in [-0.1, -0.05) is 26.7 Å². The van der Waals surface area contributed by atoms with Crippen molar-refractivity contribution < 1.29 is 4.79 Å². The average molecular weight is 266 g/mol. The van der Waals surface area contributed by atoms with Gasteiger partial charge in [-0.15, -0.1) is 0 Å². The van der Waals surface area contributed by atoms with Crippen LogP contribution in [0.4, 0.5) is 0 Å². The molecule has 1 rings (SSSR count). The molecule has 0 radical (unpaired) electrons. The minimum absolute atomic E-state index is 0.0672. The molecule has 2 nitrogen and oxygen atoms in total. The van der Waals surface area contributed by atoms with E-state index < -0.39 is 5.41 Å². The van der Waals surface area contributed by atoms with Crippen molar-refractivity contribution in [3.05, 3.63) is 28.5 Å². The lowest BCUT2D eigenvalue weighted by Crippen LogP contribution is -2.17. The molecule has 0 fully saturated rings. The first-order valence-electron chi connectivity index (χ1n) is 4.56. The van der Waals surface area contributed by atoms with E-state index in [1.165, 1.54) is 0 Å². The van der Waals surface area contributed by atoms with Crippen molar-refractivity contribution in [3.63, 3.8) is 0 Å². The Labute approximate surface area is 98.2 Å². The van der Waals surface area contributed by atoms with Gasteiger partial charge in [0.05, 0.1) is 0 Å². The highest BCUT2D eigenvalue weighted by Gasteiger charge is 2.18. The fourth-order valence-electron chi connectivity index (χ4n) is 0.797. The number of carbonyl (C=O) groups excluding carboxylic acids is 1. The van der Waals surface area contributed by atoms with Gasteiger partial charge in [0.25, 0.3) is 0 Å². The fourth-order valence-corrected chi connectivity index (χ4v) is 1.16. The molecular weight excluding hydrogens is 254 g/mol. The van der Waals surface area contributed by atoms with Crippen LogP contribution in [0.3, 0.4) is 0 Å². The van der Waals surface area contributed by atoms with Crippen LogP contribution in [0, 0.1) is 17.3 Å². The van der Waals surface area contributed by atoms with Crippen LogP contribution in [-0.2, 0) is 4.79 Å². The smallest absolute Gasteiger partial charge is 0.211 e. The third kappa shape index (κ3) is 3.85. The van der Waals surface area contributed by atoms with E-state index in [0.717, 1.165) is 10.0 Å². The number of halogens is 1. The average Bonchev–Trinajstić information content (AvgIpc) is 2.12. The van der Waals surface area contributed by atoms with E-state index in [0.29, 0.717) is 0 Å². The van der Waals surface area contributed by atoms with Gasteiger partial charge in [0.2, 0.25) is 5.78 Å². The Balaban J connectivity index is 2.88. The van der Waals surface area contributed by atoms with E-state index in [-0.39, 0.29) is 5.78 Å². The number of pyridine rings is 1. The van der Waals surface area contributed by atoms with E-state index in [9.17, 15) is 4.79 Å². The maximum atomic E-state index is 11.5. The van der Waals surface area contributed by atoms with Gasteiger partial charge < -0.3 is 0 Å². The van der Waals surface area contributed by atoms with Crippen molar-refractivity contribution in [3.8, 4) is 11.8 Å². The molecule has 0 aliphatic heterocycles. The molecule has 0 saturated carbocycles. The van der Waals surface area contributed by atoms with Crippen LogP contribution < -0.4 is 0 Å². The fraction of sp³-hybridized carbons (Fsp3) is 0.333. The molecule has 15 heavy (non-hydrogen) atoms. The number of hydrogen-bond donors (Lipinski definition) is 0. The number of aromatic nitrogens is 1. The summed E-state index contributed by atoms with van der Waals surface area (Å²) in [6, 6.07) is 1.83. The van der Waals surface area contributed by atoms with E-state index in [2.05, 4.69) is 32.8 Å². The summed E-state index contributed by atoms with van der Waals surface area (Å²) in [4.78, 5) is 15.5. The monoisotopic (exact) mass is 265 g/mol. The summed E-state index contributed by atoms with van der Waals surface area (Å²) in [5.41, 5.74) is 0.328. The van der Waals surface area contributed by atoms with Crippen LogP contribution >= 0.6 is 15.9 Å². The van der Waals surface area contributed by atoms with Crippen LogP contribution in [0.15, 0.2) is 22.9 Å². The van der Waals surface area contributed by atoms with Crippen molar-refractivity contribution in [1.29, 1.82) is 0 Å². The summed E-state index contributed by atoms with van der Waals surface area (Å²) in [5, 5.41) is 0. The van der Waals surface area contributed by atoms with E-state index in [4.69, 9.17) is 0 Å². The molecular formula is C12H12BrNO. The highest BCUT2D eigenvalue weighted by molar-refractivity contribution is 9.10. The Kier molecular flexibility index (Phi) is 3.65. The lowest BCUT2D eigenvalue weighted by Gasteiger charge is -2.10. The number of carbonyl (C=O) groups is 1. The molecule has 0 aliphatic carbocycles. The first kappa shape index (κ1) is 11.9. The SMILES string of the molecule is CC(C)(C)C(=O)C#Cc1cncc(Br)c1. The molecule has 1 aromatic heterocycles. The third-order valence-corrected chi connectivity index (χ3v) is 2.14. The molecule has 0 saturated heterocycles. The maximum Gasteiger partial charge on any atom is 0.211 e. The molecule has 0 amide bonds. The van der Waals surface area contributed by atoms with Crippen molar-refractivity contribution in [2.24, 2.45) is 5.41 Å². The molecule has 1 aromatic rings. The van der Waals surface area contributed by atoms with Crippen LogP contribution in [0.1, 0.15) is 26.3 Å². The summed E-state index contributed by atoms with van der Waals surface area (Å²) in [6.45, 7) is 5.55. The number of Topliss-reactive ketones (excluding diaryl/α,β-unsaturated/α-hetero) is 1. The standard InChI is InChI=1S/C12H12BrNO/c1-12(2,3)11(15)5-4-9-6-10(13)8-14-7-9/h6-8H,1-3H3. The van der Waals surface area contributed by atoms with Crippen molar-refractivity contribution >= 4 is 21.7 Å². The summed E-state index contributed by atoms with van der Waals surface area (Å²) in [6.07, 6.45) is 3.31. The van der Waals surface area contributed by atoms with E-state index in [1.54, 1.807) is 12.4 Å². The van der Waals surface area contributed by atoms with Crippen molar-refractivity contribution in [2.45, 2.75) is 20.8 Å². The largest absolute Gasteiger partial charge is 0.284 e. The predicted octanol–water partition coefficient (Wildman–Crippen LogP) is 2.81. The summed E-state index contributed by atoms with van der Waals surface area (Å²) >= 11 is 3.29. The minimum Gasteiger partial charge on any atom is -0.284 e. The quantitative estimate of drug-likeness (QED) is 0.676. The Bertz CT molecular complexity index is 435. The van der Waals surface area contributed by atoms with E-state index >= 15 is 0 Å². The van der Waals surface area contributed by atoms with Crippen molar-refractivity contribution in [2.75, 3.05) is 0 Å². The second-order valence-corrected chi connectivity index (χ2v) is 5.14. The topological polar surface area (TPSA) is 30.0 Å². The third-order valence-electron chi connectivity index (χ3n) is 1.71. The van der Waals surface area contributed by atoms with E-state index in [1.807, 2.05) is 26.8 Å². The number of ketones is 1. The molecule has 0 aliphatic rings. The second kappa shape index (κ2) is 4.59. The molecule has 3 heteroatoms. The molecule has 0 bridgehead atoms. The van der Waals surface area contributed by atoms with Gasteiger partial charge in [-0.2, -0.15) is 0 Å². The van der Waals surface area contributed by atoms with Crippen LogP contribution in [0.2, 0.25) is 0 Å². The van der Waals surface area contributed by atoms with Gasteiger partial charge in [-0.3, -0.25) is 9.78 Å². The van der Waals surface area contributed by atoms with Gasteiger partial charge in [0.1, 0.15) is 0 Å². The first-order valence-corrected chi connectivity index (χ1v) is 5.36. The predicted molar refractivity (Wildman–Crippen MR) is 63.3 cm³/mol. The highest BCUT2D eigenvalue weighted by Crippen LogP contribution is 2.14. The molecule has 0 spiro atoms. The normalized spacial score (nSPS) is 10.4. The van der Waals surface area contributed by atoms with Crippen LogP contribution in [0.5, 0.6) is 0 Å². The van der Waals surface area contributed by atoms with Gasteiger partial charge in [-0.25, -0.2) is 0 Å². The lowest BCUT2D eigenvalue weighted by atomic mass is 9.91. The summed E-state index contributed by atoms with van der Waals surface area (Å²) < 4.78 is 0.859. The van der Waals surface area contributed by atoms with Gasteiger partial charge in [0, 0.05) is 27.8 Å². The molecule has 0 aromatic carbocycles. The van der Waals surface area contributed by atoms with Gasteiger partial charge in [0.15, 0.2) is 0 Å².